The zero-order valence-electron chi connectivity index (χ0n) is 14.3. The number of piperazine rings is 1. The van der Waals surface area contributed by atoms with E-state index in [2.05, 4.69) is 32.2 Å². The highest BCUT2D eigenvalue weighted by molar-refractivity contribution is 5.81. The third kappa shape index (κ3) is 4.75. The molecule has 1 unspecified atom stereocenters. The predicted octanol–water partition coefficient (Wildman–Crippen LogP) is 1.22. The lowest BCUT2D eigenvalue weighted by Gasteiger charge is -2.37. The first-order valence-corrected chi connectivity index (χ1v) is 8.81. The number of carbonyl (C=O) groups is 1. The van der Waals surface area contributed by atoms with Crippen molar-refractivity contribution >= 4 is 5.91 Å². The van der Waals surface area contributed by atoms with Gasteiger partial charge in [0.1, 0.15) is 0 Å². The van der Waals surface area contributed by atoms with E-state index < -0.39 is 0 Å². The van der Waals surface area contributed by atoms with Crippen LogP contribution in [0, 0.1) is 6.92 Å². The fourth-order valence-corrected chi connectivity index (χ4v) is 3.10. The molecule has 0 aromatic carbocycles. The largest absolute Gasteiger partial charge is 0.352 e. The van der Waals surface area contributed by atoms with Gasteiger partial charge in [-0.25, -0.2) is 0 Å². The van der Waals surface area contributed by atoms with Crippen LogP contribution in [0.15, 0.2) is 18.2 Å². The van der Waals surface area contributed by atoms with Gasteiger partial charge in [0.05, 0.1) is 6.04 Å². The summed E-state index contributed by atoms with van der Waals surface area (Å²) in [7, 11) is 0. The molecule has 5 heteroatoms. The van der Waals surface area contributed by atoms with Crippen molar-refractivity contribution in [2.45, 2.75) is 45.2 Å². The van der Waals surface area contributed by atoms with E-state index in [0.717, 1.165) is 57.7 Å². The predicted molar refractivity (Wildman–Crippen MR) is 91.3 cm³/mol. The van der Waals surface area contributed by atoms with Gasteiger partial charge >= 0.3 is 0 Å². The van der Waals surface area contributed by atoms with E-state index in [4.69, 9.17) is 0 Å². The number of aryl methyl sites for hydroxylation is 1. The summed E-state index contributed by atoms with van der Waals surface area (Å²) in [5.74, 6) is 0.199. The highest BCUT2D eigenvalue weighted by atomic mass is 16.2. The van der Waals surface area contributed by atoms with Gasteiger partial charge in [0.2, 0.25) is 5.91 Å². The summed E-state index contributed by atoms with van der Waals surface area (Å²) in [6.07, 6.45) is 3.30. The Morgan fingerprint density at radius 1 is 1.30 bits per heavy atom. The van der Waals surface area contributed by atoms with Gasteiger partial charge in [0, 0.05) is 56.6 Å². The molecular formula is C18H28N4O. The van der Waals surface area contributed by atoms with Gasteiger partial charge < -0.3 is 10.2 Å². The van der Waals surface area contributed by atoms with Crippen LogP contribution in [0.4, 0.5) is 0 Å². The van der Waals surface area contributed by atoms with Crippen molar-refractivity contribution in [1.29, 1.82) is 0 Å². The fourth-order valence-electron chi connectivity index (χ4n) is 3.10. The molecule has 1 aliphatic heterocycles. The molecule has 0 bridgehead atoms. The van der Waals surface area contributed by atoms with Crippen LogP contribution in [0.3, 0.4) is 0 Å². The smallest absolute Gasteiger partial charge is 0.237 e. The van der Waals surface area contributed by atoms with Crippen LogP contribution in [0.1, 0.15) is 31.2 Å². The summed E-state index contributed by atoms with van der Waals surface area (Å²) in [6, 6.07) is 6.67. The number of rotatable bonds is 6. The lowest BCUT2D eigenvalue weighted by Crippen LogP contribution is -2.54. The molecule has 2 heterocycles. The lowest BCUT2D eigenvalue weighted by atomic mass is 10.2. The summed E-state index contributed by atoms with van der Waals surface area (Å²) in [6.45, 7) is 9.13. The van der Waals surface area contributed by atoms with Crippen molar-refractivity contribution in [2.75, 3.05) is 32.7 Å². The number of hydrogen-bond acceptors (Lipinski definition) is 4. The maximum atomic E-state index is 12.1. The number of hydrogen-bond donors (Lipinski definition) is 1. The van der Waals surface area contributed by atoms with Crippen LogP contribution >= 0.6 is 0 Å². The van der Waals surface area contributed by atoms with Crippen molar-refractivity contribution in [3.8, 4) is 0 Å². The Morgan fingerprint density at radius 2 is 2.04 bits per heavy atom. The van der Waals surface area contributed by atoms with Gasteiger partial charge in [-0.1, -0.05) is 6.07 Å². The minimum Gasteiger partial charge on any atom is -0.352 e. The third-order valence-corrected chi connectivity index (χ3v) is 4.89. The van der Waals surface area contributed by atoms with Crippen molar-refractivity contribution in [3.63, 3.8) is 0 Å². The first kappa shape index (κ1) is 16.4. The number of pyridine rings is 1. The van der Waals surface area contributed by atoms with Crippen LogP contribution in [0.2, 0.25) is 0 Å². The van der Waals surface area contributed by atoms with E-state index in [0.29, 0.717) is 6.04 Å². The third-order valence-electron chi connectivity index (χ3n) is 4.89. The standard InChI is InChI=1S/C18H28N4O/c1-14-4-3-5-16(19-14)8-9-21-10-12-22(13-11-21)15(2)18(23)20-17-6-7-17/h3-5,15,17H,6-13H2,1-2H3,(H,20,23). The second-order valence-corrected chi connectivity index (χ2v) is 6.86. The van der Waals surface area contributed by atoms with Crippen LogP contribution in [0.25, 0.3) is 0 Å². The van der Waals surface area contributed by atoms with Crippen molar-refractivity contribution in [1.82, 2.24) is 20.1 Å². The number of amides is 1. The van der Waals surface area contributed by atoms with Gasteiger partial charge in [0.15, 0.2) is 0 Å². The molecule has 1 N–H and O–H groups in total. The molecule has 1 aromatic rings. The maximum absolute atomic E-state index is 12.1. The quantitative estimate of drug-likeness (QED) is 0.857. The molecule has 0 radical (unpaired) electrons. The monoisotopic (exact) mass is 316 g/mol. The highest BCUT2D eigenvalue weighted by Gasteiger charge is 2.29. The number of nitrogens with one attached hydrogen (secondary N) is 1. The lowest BCUT2D eigenvalue weighted by molar-refractivity contribution is -0.126. The molecule has 5 nitrogen and oxygen atoms in total. The number of aromatic nitrogens is 1. The number of nitrogens with zero attached hydrogens (tertiary/aromatic N) is 3. The second kappa shape index (κ2) is 7.41. The van der Waals surface area contributed by atoms with Crippen molar-refractivity contribution < 1.29 is 4.79 Å². The molecule has 1 amide bonds. The van der Waals surface area contributed by atoms with Gasteiger partial charge in [-0.2, -0.15) is 0 Å². The molecule has 23 heavy (non-hydrogen) atoms. The zero-order valence-corrected chi connectivity index (χ0v) is 14.3. The Kier molecular flexibility index (Phi) is 5.28. The maximum Gasteiger partial charge on any atom is 0.237 e. The van der Waals surface area contributed by atoms with Gasteiger partial charge in [-0.15, -0.1) is 0 Å². The Bertz CT molecular complexity index is 536. The molecule has 1 atom stereocenters. The van der Waals surface area contributed by atoms with Crippen molar-refractivity contribution in [3.05, 3.63) is 29.6 Å². The topological polar surface area (TPSA) is 48.5 Å². The van der Waals surface area contributed by atoms with Crippen LogP contribution in [-0.2, 0) is 11.2 Å². The summed E-state index contributed by atoms with van der Waals surface area (Å²) < 4.78 is 0. The van der Waals surface area contributed by atoms with Gasteiger partial charge in [-0.3, -0.25) is 14.7 Å². The highest BCUT2D eigenvalue weighted by Crippen LogP contribution is 2.19. The zero-order chi connectivity index (χ0) is 16.2. The van der Waals surface area contributed by atoms with E-state index in [1.54, 1.807) is 0 Å². The average Bonchev–Trinajstić information content (AvgIpc) is 3.37. The SMILES string of the molecule is Cc1cccc(CCN2CCN(C(C)C(=O)NC3CC3)CC2)n1. The molecule has 0 spiro atoms. The molecule has 1 saturated heterocycles. The molecular weight excluding hydrogens is 288 g/mol. The van der Waals surface area contributed by atoms with Crippen LogP contribution in [-0.4, -0.2) is 65.5 Å². The Balaban J connectivity index is 1.40. The summed E-state index contributed by atoms with van der Waals surface area (Å²) in [4.78, 5) is 21.5. The van der Waals surface area contributed by atoms with Gasteiger partial charge in [-0.05, 0) is 38.8 Å². The Hall–Kier alpha value is -1.46. The van der Waals surface area contributed by atoms with Crippen LogP contribution < -0.4 is 5.32 Å². The molecule has 1 saturated carbocycles. The average molecular weight is 316 g/mol. The second-order valence-electron chi connectivity index (χ2n) is 6.86. The minimum atomic E-state index is -0.00353. The van der Waals surface area contributed by atoms with E-state index in [1.165, 1.54) is 5.69 Å². The Morgan fingerprint density at radius 3 is 2.70 bits per heavy atom. The Labute approximate surface area is 139 Å². The molecule has 3 rings (SSSR count). The van der Waals surface area contributed by atoms with Crippen LogP contribution in [0.5, 0.6) is 0 Å². The molecule has 126 valence electrons. The van der Waals surface area contributed by atoms with E-state index >= 15 is 0 Å². The minimum absolute atomic E-state index is 0.00353. The summed E-state index contributed by atoms with van der Waals surface area (Å²) in [5.41, 5.74) is 2.26. The summed E-state index contributed by atoms with van der Waals surface area (Å²) >= 11 is 0. The number of carbonyl (C=O) groups excluding carboxylic acids is 1. The fraction of sp³-hybridized carbons (Fsp3) is 0.667. The molecule has 2 fully saturated rings. The molecule has 2 aliphatic rings. The van der Waals surface area contributed by atoms with E-state index in [1.807, 2.05) is 19.9 Å². The molecule has 1 aliphatic carbocycles. The van der Waals surface area contributed by atoms with E-state index in [-0.39, 0.29) is 11.9 Å². The molecule has 1 aromatic heterocycles. The van der Waals surface area contributed by atoms with Gasteiger partial charge in [0.25, 0.3) is 0 Å². The van der Waals surface area contributed by atoms with Crippen molar-refractivity contribution in [2.24, 2.45) is 0 Å². The van der Waals surface area contributed by atoms with E-state index in [9.17, 15) is 4.79 Å². The first-order chi connectivity index (χ1) is 11.1. The summed E-state index contributed by atoms with van der Waals surface area (Å²) in [5, 5.41) is 3.11. The first-order valence-electron chi connectivity index (χ1n) is 8.81. The normalized spacial score (nSPS) is 21.1.